The zero-order valence-corrected chi connectivity index (χ0v) is 10.6. The molecular formula is C14H19NO3. The molecule has 4 heteroatoms. The van der Waals surface area contributed by atoms with E-state index in [0.717, 1.165) is 32.2 Å². The third-order valence-electron chi connectivity index (χ3n) is 3.57. The molecule has 1 heterocycles. The van der Waals surface area contributed by atoms with Crippen LogP contribution in [0.25, 0.3) is 0 Å². The standard InChI is InChI=1S/C14H19NO3/c1-2-10-5-3-4-8-15(10)14(18)12-9-11(16)6-7-13(12)17/h6-7,9-10,16-17H,2-5,8H2,1H3. The minimum absolute atomic E-state index is 0.00112. The quantitative estimate of drug-likeness (QED) is 0.792. The zero-order chi connectivity index (χ0) is 13.1. The summed E-state index contributed by atoms with van der Waals surface area (Å²) in [6.07, 6.45) is 4.09. The maximum Gasteiger partial charge on any atom is 0.257 e. The summed E-state index contributed by atoms with van der Waals surface area (Å²) >= 11 is 0. The fourth-order valence-electron chi connectivity index (χ4n) is 2.54. The van der Waals surface area contributed by atoms with Crippen LogP contribution in [0.1, 0.15) is 43.0 Å². The molecule has 18 heavy (non-hydrogen) atoms. The second-order valence-electron chi connectivity index (χ2n) is 4.76. The van der Waals surface area contributed by atoms with Crippen LogP contribution in [-0.2, 0) is 0 Å². The highest BCUT2D eigenvalue weighted by Crippen LogP contribution is 2.27. The smallest absolute Gasteiger partial charge is 0.257 e. The average Bonchev–Trinajstić information content (AvgIpc) is 2.40. The third-order valence-corrected chi connectivity index (χ3v) is 3.57. The van der Waals surface area contributed by atoms with Crippen molar-refractivity contribution in [1.29, 1.82) is 0 Å². The lowest BCUT2D eigenvalue weighted by Gasteiger charge is -2.35. The van der Waals surface area contributed by atoms with Crippen molar-refractivity contribution in [3.8, 4) is 11.5 Å². The number of phenols is 2. The largest absolute Gasteiger partial charge is 0.508 e. The van der Waals surface area contributed by atoms with Crippen LogP contribution < -0.4 is 0 Å². The van der Waals surface area contributed by atoms with E-state index in [1.807, 2.05) is 4.90 Å². The molecule has 1 aromatic rings. The molecule has 0 radical (unpaired) electrons. The Morgan fingerprint density at radius 2 is 2.17 bits per heavy atom. The Morgan fingerprint density at radius 1 is 1.39 bits per heavy atom. The molecule has 1 aromatic carbocycles. The monoisotopic (exact) mass is 249 g/mol. The molecule has 1 aliphatic rings. The molecule has 0 aromatic heterocycles. The van der Waals surface area contributed by atoms with E-state index in [1.54, 1.807) is 0 Å². The second-order valence-corrected chi connectivity index (χ2v) is 4.76. The Kier molecular flexibility index (Phi) is 3.75. The second kappa shape index (κ2) is 5.29. The molecule has 0 spiro atoms. The van der Waals surface area contributed by atoms with Gasteiger partial charge in [-0.25, -0.2) is 0 Å². The van der Waals surface area contributed by atoms with Gasteiger partial charge in [0, 0.05) is 12.6 Å². The van der Waals surface area contributed by atoms with Crippen molar-refractivity contribution < 1.29 is 15.0 Å². The molecule has 1 atom stereocenters. The van der Waals surface area contributed by atoms with Crippen molar-refractivity contribution in [3.63, 3.8) is 0 Å². The first kappa shape index (κ1) is 12.7. The Hall–Kier alpha value is -1.71. The number of amides is 1. The molecule has 0 bridgehead atoms. The lowest BCUT2D eigenvalue weighted by Crippen LogP contribution is -2.43. The van der Waals surface area contributed by atoms with Crippen LogP contribution in [0.4, 0.5) is 0 Å². The average molecular weight is 249 g/mol. The van der Waals surface area contributed by atoms with E-state index in [9.17, 15) is 15.0 Å². The summed E-state index contributed by atoms with van der Waals surface area (Å²) < 4.78 is 0. The number of hydrogen-bond acceptors (Lipinski definition) is 3. The summed E-state index contributed by atoms with van der Waals surface area (Å²) in [6, 6.07) is 4.31. The van der Waals surface area contributed by atoms with Crippen molar-refractivity contribution in [2.45, 2.75) is 38.6 Å². The van der Waals surface area contributed by atoms with Crippen molar-refractivity contribution in [2.24, 2.45) is 0 Å². The predicted molar refractivity (Wildman–Crippen MR) is 68.7 cm³/mol. The number of benzene rings is 1. The van der Waals surface area contributed by atoms with Crippen LogP contribution in [0.5, 0.6) is 11.5 Å². The number of rotatable bonds is 2. The Bertz CT molecular complexity index is 445. The van der Waals surface area contributed by atoms with Crippen molar-refractivity contribution in [1.82, 2.24) is 4.90 Å². The maximum atomic E-state index is 12.4. The van der Waals surface area contributed by atoms with Crippen LogP contribution in [0.3, 0.4) is 0 Å². The summed E-state index contributed by atoms with van der Waals surface area (Å²) in [7, 11) is 0. The highest BCUT2D eigenvalue weighted by Gasteiger charge is 2.27. The first-order valence-corrected chi connectivity index (χ1v) is 6.46. The van der Waals surface area contributed by atoms with Gasteiger partial charge in [-0.3, -0.25) is 4.79 Å². The van der Waals surface area contributed by atoms with Crippen molar-refractivity contribution in [3.05, 3.63) is 23.8 Å². The SMILES string of the molecule is CCC1CCCCN1C(=O)c1cc(O)ccc1O. The van der Waals surface area contributed by atoms with Gasteiger partial charge in [-0.2, -0.15) is 0 Å². The van der Waals surface area contributed by atoms with Crippen LogP contribution >= 0.6 is 0 Å². The van der Waals surface area contributed by atoms with E-state index in [2.05, 4.69) is 6.92 Å². The normalized spacial score (nSPS) is 19.8. The van der Waals surface area contributed by atoms with E-state index < -0.39 is 0 Å². The molecule has 0 aliphatic carbocycles. The number of likely N-dealkylation sites (tertiary alicyclic amines) is 1. The lowest BCUT2D eigenvalue weighted by molar-refractivity contribution is 0.0604. The molecule has 2 rings (SSSR count). The number of aromatic hydroxyl groups is 2. The van der Waals surface area contributed by atoms with Crippen LogP contribution in [0.2, 0.25) is 0 Å². The van der Waals surface area contributed by atoms with E-state index in [4.69, 9.17) is 0 Å². The predicted octanol–water partition coefficient (Wildman–Crippen LogP) is 2.50. The van der Waals surface area contributed by atoms with Gasteiger partial charge in [-0.1, -0.05) is 6.92 Å². The molecule has 0 saturated carbocycles. The maximum absolute atomic E-state index is 12.4. The third kappa shape index (κ3) is 2.42. The molecular weight excluding hydrogens is 230 g/mol. The number of hydrogen-bond donors (Lipinski definition) is 2. The molecule has 98 valence electrons. The number of phenolic OH excluding ortho intramolecular Hbond substituents is 2. The molecule has 1 fully saturated rings. The summed E-state index contributed by atoms with van der Waals surface area (Å²) in [6.45, 7) is 2.80. The summed E-state index contributed by atoms with van der Waals surface area (Å²) in [4.78, 5) is 14.2. The zero-order valence-electron chi connectivity index (χ0n) is 10.6. The van der Waals surface area contributed by atoms with Gasteiger partial charge in [0.25, 0.3) is 5.91 Å². The van der Waals surface area contributed by atoms with E-state index in [-0.39, 0.29) is 29.0 Å². The van der Waals surface area contributed by atoms with Gasteiger partial charge >= 0.3 is 0 Å². The first-order chi connectivity index (χ1) is 8.63. The van der Waals surface area contributed by atoms with E-state index in [0.29, 0.717) is 0 Å². The first-order valence-electron chi connectivity index (χ1n) is 6.46. The fourth-order valence-corrected chi connectivity index (χ4v) is 2.54. The van der Waals surface area contributed by atoms with Crippen molar-refractivity contribution >= 4 is 5.91 Å². The van der Waals surface area contributed by atoms with Crippen LogP contribution in [0.15, 0.2) is 18.2 Å². The minimum atomic E-state index is -0.185. The van der Waals surface area contributed by atoms with Gasteiger partial charge < -0.3 is 15.1 Å². The lowest BCUT2D eigenvalue weighted by atomic mass is 9.98. The molecule has 1 aliphatic heterocycles. The number of piperidine rings is 1. The minimum Gasteiger partial charge on any atom is -0.508 e. The molecule has 1 saturated heterocycles. The summed E-state index contributed by atoms with van der Waals surface area (Å²) in [5.41, 5.74) is 0.190. The van der Waals surface area contributed by atoms with Crippen molar-refractivity contribution in [2.75, 3.05) is 6.54 Å². The molecule has 4 nitrogen and oxygen atoms in total. The number of carbonyl (C=O) groups excluding carboxylic acids is 1. The topological polar surface area (TPSA) is 60.8 Å². The van der Waals surface area contributed by atoms with Gasteiger partial charge in [0.15, 0.2) is 0 Å². The Morgan fingerprint density at radius 3 is 2.89 bits per heavy atom. The van der Waals surface area contributed by atoms with Crippen LogP contribution in [0, 0.1) is 0 Å². The van der Waals surface area contributed by atoms with Gasteiger partial charge in [0.2, 0.25) is 0 Å². The number of carbonyl (C=O) groups is 1. The Labute approximate surface area is 107 Å². The highest BCUT2D eigenvalue weighted by molar-refractivity contribution is 5.97. The highest BCUT2D eigenvalue weighted by atomic mass is 16.3. The van der Waals surface area contributed by atoms with Gasteiger partial charge in [0.1, 0.15) is 11.5 Å². The molecule has 2 N–H and O–H groups in total. The van der Waals surface area contributed by atoms with E-state index >= 15 is 0 Å². The molecule has 1 unspecified atom stereocenters. The fraction of sp³-hybridized carbons (Fsp3) is 0.500. The Balaban J connectivity index is 2.26. The van der Waals surface area contributed by atoms with Gasteiger partial charge in [-0.15, -0.1) is 0 Å². The molecule has 1 amide bonds. The number of nitrogens with zero attached hydrogens (tertiary/aromatic N) is 1. The van der Waals surface area contributed by atoms with Gasteiger partial charge in [-0.05, 0) is 43.9 Å². The van der Waals surface area contributed by atoms with Gasteiger partial charge in [0.05, 0.1) is 5.56 Å². The van der Waals surface area contributed by atoms with Crippen LogP contribution in [-0.4, -0.2) is 33.6 Å². The summed E-state index contributed by atoms with van der Waals surface area (Å²) in [5, 5.41) is 19.2. The van der Waals surface area contributed by atoms with E-state index in [1.165, 1.54) is 18.2 Å². The summed E-state index contributed by atoms with van der Waals surface area (Å²) in [5.74, 6) is -0.255.